The van der Waals surface area contributed by atoms with Crippen LogP contribution in [0.1, 0.15) is 24.2 Å². The Bertz CT molecular complexity index is 658. The molecule has 0 unspecified atom stereocenters. The molecule has 118 valence electrons. The summed E-state index contributed by atoms with van der Waals surface area (Å²) in [6.07, 6.45) is 1.49. The van der Waals surface area contributed by atoms with Gasteiger partial charge in [-0.25, -0.2) is 4.79 Å². The van der Waals surface area contributed by atoms with Gasteiger partial charge in [0.05, 0.1) is 31.0 Å². The summed E-state index contributed by atoms with van der Waals surface area (Å²) in [7, 11) is 0. The van der Waals surface area contributed by atoms with Gasteiger partial charge in [0.25, 0.3) is 0 Å². The molecule has 0 atom stereocenters. The van der Waals surface area contributed by atoms with E-state index >= 15 is 0 Å². The van der Waals surface area contributed by atoms with Gasteiger partial charge < -0.3 is 19.9 Å². The zero-order valence-electron chi connectivity index (χ0n) is 12.8. The minimum absolute atomic E-state index is 0.0444. The summed E-state index contributed by atoms with van der Waals surface area (Å²) in [5.74, 6) is 0.254. The summed E-state index contributed by atoms with van der Waals surface area (Å²) < 4.78 is 10.6. The van der Waals surface area contributed by atoms with Crippen molar-refractivity contribution in [3.63, 3.8) is 0 Å². The predicted molar refractivity (Wildman–Crippen MR) is 84.4 cm³/mol. The maximum Gasteiger partial charge on any atom is 0.341 e. The van der Waals surface area contributed by atoms with Crippen molar-refractivity contribution in [1.29, 1.82) is 0 Å². The molecule has 1 aromatic heterocycles. The van der Waals surface area contributed by atoms with E-state index in [2.05, 4.69) is 10.3 Å². The Labute approximate surface area is 129 Å². The van der Waals surface area contributed by atoms with Crippen molar-refractivity contribution in [2.45, 2.75) is 13.8 Å². The molecule has 0 saturated carbocycles. The van der Waals surface area contributed by atoms with Gasteiger partial charge in [0.1, 0.15) is 11.3 Å². The Kier molecular flexibility index (Phi) is 5.55. The summed E-state index contributed by atoms with van der Waals surface area (Å²) in [4.78, 5) is 16.4. The molecule has 0 aliphatic heterocycles. The van der Waals surface area contributed by atoms with E-state index in [1.807, 2.05) is 25.1 Å². The molecule has 0 radical (unpaired) electrons. The van der Waals surface area contributed by atoms with E-state index in [1.165, 1.54) is 6.20 Å². The standard InChI is InChI=1S/C16H20N2O4/c1-3-21-11-5-6-14-12(9-11)15(17-7-8-19)13(10-18-14)16(20)22-4-2/h5-6,9-10,19H,3-4,7-8H2,1-2H3,(H,17,18). The van der Waals surface area contributed by atoms with Crippen LogP contribution in [-0.4, -0.2) is 42.4 Å². The molecule has 0 bridgehead atoms. The molecule has 22 heavy (non-hydrogen) atoms. The van der Waals surface area contributed by atoms with E-state index in [0.29, 0.717) is 30.2 Å². The Morgan fingerprint density at radius 3 is 2.82 bits per heavy atom. The lowest BCUT2D eigenvalue weighted by Gasteiger charge is -2.14. The van der Waals surface area contributed by atoms with Gasteiger partial charge >= 0.3 is 5.97 Å². The van der Waals surface area contributed by atoms with Crippen molar-refractivity contribution in [3.05, 3.63) is 30.0 Å². The Balaban J connectivity index is 2.55. The van der Waals surface area contributed by atoms with E-state index < -0.39 is 5.97 Å². The lowest BCUT2D eigenvalue weighted by Crippen LogP contribution is -2.13. The predicted octanol–water partition coefficient (Wildman–Crippen LogP) is 2.21. The molecular formula is C16H20N2O4. The molecule has 2 rings (SSSR count). The SMILES string of the molecule is CCOC(=O)c1cnc2ccc(OCC)cc2c1NCCO. The molecule has 0 saturated heterocycles. The van der Waals surface area contributed by atoms with Crippen LogP contribution in [-0.2, 0) is 4.74 Å². The number of hydrogen-bond acceptors (Lipinski definition) is 6. The van der Waals surface area contributed by atoms with Gasteiger partial charge in [-0.05, 0) is 32.0 Å². The molecule has 1 heterocycles. The normalized spacial score (nSPS) is 10.5. The van der Waals surface area contributed by atoms with Gasteiger partial charge in [0.2, 0.25) is 0 Å². The highest BCUT2D eigenvalue weighted by Gasteiger charge is 2.16. The smallest absolute Gasteiger partial charge is 0.341 e. The first kappa shape index (κ1) is 16.0. The molecule has 6 heteroatoms. The molecule has 6 nitrogen and oxygen atoms in total. The van der Waals surface area contributed by atoms with Gasteiger partial charge in [-0.15, -0.1) is 0 Å². The third kappa shape index (κ3) is 3.46. The number of benzene rings is 1. The topological polar surface area (TPSA) is 80.7 Å². The third-order valence-corrected chi connectivity index (χ3v) is 3.06. The van der Waals surface area contributed by atoms with Crippen LogP contribution in [0.3, 0.4) is 0 Å². The van der Waals surface area contributed by atoms with Gasteiger partial charge in [-0.1, -0.05) is 0 Å². The second kappa shape index (κ2) is 7.61. The zero-order chi connectivity index (χ0) is 15.9. The lowest BCUT2D eigenvalue weighted by molar-refractivity contribution is 0.0527. The summed E-state index contributed by atoms with van der Waals surface area (Å²) in [5.41, 5.74) is 1.67. The number of nitrogens with zero attached hydrogens (tertiary/aromatic N) is 1. The van der Waals surface area contributed by atoms with Crippen molar-refractivity contribution in [2.24, 2.45) is 0 Å². The molecule has 1 aromatic carbocycles. The number of anilines is 1. The second-order valence-electron chi connectivity index (χ2n) is 4.53. The van der Waals surface area contributed by atoms with E-state index in [-0.39, 0.29) is 13.2 Å². The van der Waals surface area contributed by atoms with Crippen molar-refractivity contribution in [1.82, 2.24) is 4.98 Å². The number of aliphatic hydroxyl groups is 1. The van der Waals surface area contributed by atoms with E-state index in [4.69, 9.17) is 14.6 Å². The molecule has 0 amide bonds. The molecule has 2 N–H and O–H groups in total. The molecule has 2 aromatic rings. The number of ether oxygens (including phenoxy) is 2. The van der Waals surface area contributed by atoms with Crippen molar-refractivity contribution in [3.8, 4) is 5.75 Å². The third-order valence-electron chi connectivity index (χ3n) is 3.06. The number of esters is 1. The van der Waals surface area contributed by atoms with Crippen molar-refractivity contribution >= 4 is 22.6 Å². The van der Waals surface area contributed by atoms with Crippen LogP contribution in [0.4, 0.5) is 5.69 Å². The minimum atomic E-state index is -0.445. The highest BCUT2D eigenvalue weighted by atomic mass is 16.5. The molecule has 0 spiro atoms. The van der Waals surface area contributed by atoms with Crippen LogP contribution in [0.5, 0.6) is 5.75 Å². The average molecular weight is 304 g/mol. The van der Waals surface area contributed by atoms with Gasteiger partial charge in [-0.2, -0.15) is 0 Å². The van der Waals surface area contributed by atoms with Crippen molar-refractivity contribution in [2.75, 3.05) is 31.7 Å². The maximum absolute atomic E-state index is 12.1. The highest BCUT2D eigenvalue weighted by Crippen LogP contribution is 2.29. The number of pyridine rings is 1. The van der Waals surface area contributed by atoms with Crippen molar-refractivity contribution < 1.29 is 19.4 Å². The Morgan fingerprint density at radius 2 is 2.14 bits per heavy atom. The lowest BCUT2D eigenvalue weighted by atomic mass is 10.1. The quantitative estimate of drug-likeness (QED) is 0.763. The first-order valence-electron chi connectivity index (χ1n) is 7.28. The fourth-order valence-electron chi connectivity index (χ4n) is 2.16. The zero-order valence-corrected chi connectivity index (χ0v) is 12.8. The summed E-state index contributed by atoms with van der Waals surface area (Å²) in [6, 6.07) is 5.49. The number of fused-ring (bicyclic) bond motifs is 1. The summed E-state index contributed by atoms with van der Waals surface area (Å²) in [5, 5.41) is 12.9. The van der Waals surface area contributed by atoms with Gasteiger partial charge in [0, 0.05) is 18.1 Å². The van der Waals surface area contributed by atoms with Crippen LogP contribution >= 0.6 is 0 Å². The minimum Gasteiger partial charge on any atom is -0.494 e. The molecule has 0 aliphatic carbocycles. The fourth-order valence-corrected chi connectivity index (χ4v) is 2.16. The van der Waals surface area contributed by atoms with Gasteiger partial charge in [0.15, 0.2) is 0 Å². The summed E-state index contributed by atoms with van der Waals surface area (Å²) >= 11 is 0. The highest BCUT2D eigenvalue weighted by molar-refractivity contribution is 6.05. The molecule has 0 fully saturated rings. The fraction of sp³-hybridized carbons (Fsp3) is 0.375. The number of nitrogens with one attached hydrogen (secondary N) is 1. The van der Waals surface area contributed by atoms with E-state index in [9.17, 15) is 4.79 Å². The van der Waals surface area contributed by atoms with Crippen LogP contribution in [0.25, 0.3) is 10.9 Å². The van der Waals surface area contributed by atoms with E-state index in [0.717, 1.165) is 10.9 Å². The first-order chi connectivity index (χ1) is 10.7. The Hall–Kier alpha value is -2.34. The average Bonchev–Trinajstić information content (AvgIpc) is 2.53. The number of rotatable bonds is 7. The van der Waals surface area contributed by atoms with E-state index in [1.54, 1.807) is 6.92 Å². The monoisotopic (exact) mass is 304 g/mol. The first-order valence-corrected chi connectivity index (χ1v) is 7.28. The Morgan fingerprint density at radius 1 is 1.32 bits per heavy atom. The number of hydrogen-bond donors (Lipinski definition) is 2. The summed E-state index contributed by atoms with van der Waals surface area (Å²) in [6.45, 7) is 4.77. The molecular weight excluding hydrogens is 284 g/mol. The van der Waals surface area contributed by atoms with Crippen LogP contribution in [0.2, 0.25) is 0 Å². The van der Waals surface area contributed by atoms with Crippen LogP contribution in [0.15, 0.2) is 24.4 Å². The largest absolute Gasteiger partial charge is 0.494 e. The van der Waals surface area contributed by atoms with Crippen LogP contribution in [0, 0.1) is 0 Å². The number of aliphatic hydroxyl groups excluding tert-OH is 1. The number of carbonyl (C=O) groups is 1. The maximum atomic E-state index is 12.1. The molecule has 0 aliphatic rings. The van der Waals surface area contributed by atoms with Crippen LogP contribution < -0.4 is 10.1 Å². The van der Waals surface area contributed by atoms with Gasteiger partial charge in [-0.3, -0.25) is 4.98 Å². The second-order valence-corrected chi connectivity index (χ2v) is 4.53. The number of carbonyl (C=O) groups excluding carboxylic acids is 1. The number of aromatic nitrogens is 1.